The molecule has 2 saturated heterocycles. The van der Waals surface area contributed by atoms with Crippen molar-refractivity contribution in [1.82, 2.24) is 14.5 Å². The van der Waals surface area contributed by atoms with E-state index in [-0.39, 0.29) is 23.1 Å². The van der Waals surface area contributed by atoms with Gasteiger partial charge in [0.25, 0.3) is 0 Å². The van der Waals surface area contributed by atoms with Gasteiger partial charge < -0.3 is 9.33 Å². The Morgan fingerprint density at radius 3 is 2.36 bits per heavy atom. The molecule has 3 heterocycles. The molecule has 36 heavy (non-hydrogen) atoms. The average Bonchev–Trinajstić information content (AvgIpc) is 3.03. The lowest BCUT2D eigenvalue weighted by Gasteiger charge is -2.55. The third-order valence-electron chi connectivity index (χ3n) is 9.36. The zero-order chi connectivity index (χ0) is 26.0. The van der Waals surface area contributed by atoms with Gasteiger partial charge in [0.05, 0.1) is 16.7 Å². The minimum absolute atomic E-state index is 0.218. The number of piperidine rings is 2. The largest absolute Gasteiger partial charge is 0.414 e. The van der Waals surface area contributed by atoms with E-state index in [4.69, 9.17) is 4.43 Å². The Bertz CT molecular complexity index is 1260. The lowest BCUT2D eigenvalue weighted by atomic mass is 9.61. The van der Waals surface area contributed by atoms with Gasteiger partial charge >= 0.3 is 5.69 Å². The van der Waals surface area contributed by atoms with Crippen LogP contribution in [0.15, 0.2) is 23.0 Å². The Kier molecular flexibility index (Phi) is 6.02. The number of fused-ring (bicyclic) bond motifs is 1. The summed E-state index contributed by atoms with van der Waals surface area (Å²) in [4.78, 5) is 39.9. The van der Waals surface area contributed by atoms with E-state index >= 15 is 0 Å². The maximum absolute atomic E-state index is 13.3. The molecule has 1 spiro atoms. The minimum atomic E-state index is -1.74. The van der Waals surface area contributed by atoms with Crippen LogP contribution in [0.2, 0.25) is 18.1 Å². The number of nitrogens with one attached hydrogen (secondary N) is 1. The topological polar surface area (TPSA) is 85.6 Å². The molecule has 1 aromatic heterocycles. The Morgan fingerprint density at radius 1 is 1.08 bits per heavy atom. The molecular formula is C27H40N4O4Si. The number of hydrogen-bond donors (Lipinski definition) is 1. The second kappa shape index (κ2) is 8.58. The van der Waals surface area contributed by atoms with Crippen molar-refractivity contribution in [2.75, 3.05) is 18.0 Å². The summed E-state index contributed by atoms with van der Waals surface area (Å²) in [6, 6.07) is 5.30. The van der Waals surface area contributed by atoms with Gasteiger partial charge in [-0.15, -0.1) is 0 Å². The van der Waals surface area contributed by atoms with Crippen LogP contribution >= 0.6 is 0 Å². The van der Waals surface area contributed by atoms with Crippen molar-refractivity contribution in [3.8, 4) is 0 Å². The van der Waals surface area contributed by atoms with E-state index in [0.717, 1.165) is 55.5 Å². The first-order valence-corrected chi connectivity index (χ1v) is 16.2. The van der Waals surface area contributed by atoms with Crippen molar-refractivity contribution in [2.45, 2.75) is 89.6 Å². The van der Waals surface area contributed by atoms with Gasteiger partial charge in [-0.3, -0.25) is 24.0 Å². The summed E-state index contributed by atoms with van der Waals surface area (Å²) in [6.45, 7) is 13.5. The first-order valence-electron chi connectivity index (χ1n) is 13.3. The third kappa shape index (κ3) is 4.14. The van der Waals surface area contributed by atoms with E-state index in [9.17, 15) is 14.4 Å². The lowest BCUT2D eigenvalue weighted by molar-refractivity contribution is -0.135. The summed E-state index contributed by atoms with van der Waals surface area (Å²) in [6.07, 6.45) is 5.55. The summed E-state index contributed by atoms with van der Waals surface area (Å²) in [7, 11) is 0.0350. The Balaban J connectivity index is 1.33. The van der Waals surface area contributed by atoms with Crippen LogP contribution < -0.4 is 15.9 Å². The number of aryl methyl sites for hydroxylation is 1. The molecule has 1 saturated carbocycles. The van der Waals surface area contributed by atoms with E-state index in [1.807, 2.05) is 12.1 Å². The fourth-order valence-electron chi connectivity index (χ4n) is 6.12. The molecule has 9 heteroatoms. The number of imidazole rings is 1. The SMILES string of the molecule is Cn1c(=O)n(C2CCC(=O)NC2=O)c2cccc(N3CCC4(CC3)CC(O[Si](C)(C)C(C)(C)C)C4)c21. The predicted octanol–water partition coefficient (Wildman–Crippen LogP) is 4.09. The minimum Gasteiger partial charge on any atom is -0.414 e. The highest BCUT2D eigenvalue weighted by Gasteiger charge is 2.50. The van der Waals surface area contributed by atoms with Gasteiger partial charge in [0.2, 0.25) is 11.8 Å². The van der Waals surface area contributed by atoms with Crippen LogP contribution in [0.3, 0.4) is 0 Å². The second-order valence-electron chi connectivity index (χ2n) is 12.7. The Morgan fingerprint density at radius 2 is 1.75 bits per heavy atom. The number of carbonyl (C=O) groups is 2. The molecule has 3 fully saturated rings. The van der Waals surface area contributed by atoms with Gasteiger partial charge in [-0.2, -0.15) is 0 Å². The van der Waals surface area contributed by atoms with Gasteiger partial charge in [-0.1, -0.05) is 26.8 Å². The molecule has 8 nitrogen and oxygen atoms in total. The van der Waals surface area contributed by atoms with E-state index in [1.54, 1.807) is 16.2 Å². The van der Waals surface area contributed by atoms with Gasteiger partial charge in [0, 0.05) is 32.7 Å². The number of benzene rings is 1. The second-order valence-corrected chi connectivity index (χ2v) is 17.5. The number of carbonyl (C=O) groups excluding carboxylic acids is 2. The van der Waals surface area contributed by atoms with E-state index < -0.39 is 20.3 Å². The smallest absolute Gasteiger partial charge is 0.329 e. The molecule has 2 aliphatic heterocycles. The molecule has 2 aromatic rings. The molecule has 1 aliphatic carbocycles. The van der Waals surface area contributed by atoms with Crippen LogP contribution in [0, 0.1) is 5.41 Å². The molecule has 1 unspecified atom stereocenters. The highest BCUT2D eigenvalue weighted by molar-refractivity contribution is 6.74. The fraction of sp³-hybridized carbons (Fsp3) is 0.667. The molecule has 0 radical (unpaired) electrons. The van der Waals surface area contributed by atoms with Crippen molar-refractivity contribution >= 4 is 36.9 Å². The number of para-hydroxylation sites is 1. The number of amides is 2. The Labute approximate surface area is 214 Å². The van der Waals surface area contributed by atoms with Crippen molar-refractivity contribution in [1.29, 1.82) is 0 Å². The van der Waals surface area contributed by atoms with Gasteiger partial charge in [0.15, 0.2) is 8.32 Å². The molecule has 3 aliphatic rings. The number of nitrogens with zero attached hydrogens (tertiary/aromatic N) is 3. The zero-order valence-corrected chi connectivity index (χ0v) is 23.5. The van der Waals surface area contributed by atoms with E-state index in [1.165, 1.54) is 0 Å². The Hall–Kier alpha value is -2.39. The average molecular weight is 513 g/mol. The molecule has 1 aromatic carbocycles. The van der Waals surface area contributed by atoms with Crippen molar-refractivity contribution in [3.05, 3.63) is 28.7 Å². The van der Waals surface area contributed by atoms with Crippen LogP contribution in [0.5, 0.6) is 0 Å². The van der Waals surface area contributed by atoms with Crippen LogP contribution in [-0.4, -0.2) is 48.5 Å². The molecule has 196 valence electrons. The molecule has 1 N–H and O–H groups in total. The predicted molar refractivity (Wildman–Crippen MR) is 144 cm³/mol. The van der Waals surface area contributed by atoms with E-state index in [2.05, 4.69) is 50.1 Å². The van der Waals surface area contributed by atoms with Gasteiger partial charge in [-0.25, -0.2) is 4.79 Å². The maximum Gasteiger partial charge on any atom is 0.329 e. The molecule has 1 atom stereocenters. The normalized spacial score (nSPS) is 23.3. The number of anilines is 1. The fourth-order valence-corrected chi connectivity index (χ4v) is 7.47. The number of hydrogen-bond acceptors (Lipinski definition) is 5. The van der Waals surface area contributed by atoms with Gasteiger partial charge in [-0.05, 0) is 67.8 Å². The van der Waals surface area contributed by atoms with Crippen molar-refractivity contribution in [2.24, 2.45) is 12.5 Å². The van der Waals surface area contributed by atoms with Crippen LogP contribution in [-0.2, 0) is 21.1 Å². The number of imide groups is 1. The van der Waals surface area contributed by atoms with Gasteiger partial charge in [0.1, 0.15) is 6.04 Å². The summed E-state index contributed by atoms with van der Waals surface area (Å²) in [5.74, 6) is -0.675. The quantitative estimate of drug-likeness (QED) is 0.493. The molecule has 0 bridgehead atoms. The summed E-state index contributed by atoms with van der Waals surface area (Å²) in [5.41, 5.74) is 2.81. The lowest BCUT2D eigenvalue weighted by Crippen LogP contribution is -2.54. The zero-order valence-electron chi connectivity index (χ0n) is 22.5. The van der Waals surface area contributed by atoms with Crippen LogP contribution in [0.4, 0.5) is 5.69 Å². The summed E-state index contributed by atoms with van der Waals surface area (Å²) >= 11 is 0. The van der Waals surface area contributed by atoms with Crippen LogP contribution in [0.1, 0.15) is 65.3 Å². The first kappa shape index (κ1) is 25.3. The van der Waals surface area contributed by atoms with Crippen LogP contribution in [0.25, 0.3) is 11.0 Å². The maximum atomic E-state index is 13.3. The molecule has 2 amide bonds. The highest BCUT2D eigenvalue weighted by Crippen LogP contribution is 2.53. The first-order chi connectivity index (χ1) is 16.8. The monoisotopic (exact) mass is 512 g/mol. The summed E-state index contributed by atoms with van der Waals surface area (Å²) < 4.78 is 9.90. The number of aromatic nitrogens is 2. The van der Waals surface area contributed by atoms with Crippen molar-refractivity contribution < 1.29 is 14.0 Å². The number of rotatable bonds is 4. The summed E-state index contributed by atoms with van der Waals surface area (Å²) in [5, 5.41) is 2.62. The highest BCUT2D eigenvalue weighted by atomic mass is 28.4. The third-order valence-corrected chi connectivity index (χ3v) is 13.9. The van der Waals surface area contributed by atoms with E-state index in [0.29, 0.717) is 17.9 Å². The molecule has 5 rings (SSSR count). The van der Waals surface area contributed by atoms with Crippen molar-refractivity contribution in [3.63, 3.8) is 0 Å². The standard InChI is InChI=1S/C27H40N4O4Si/c1-26(2,3)36(5,6)35-18-16-27(17-18)12-14-30(15-13-27)19-8-7-9-20-23(19)29(4)25(34)31(20)21-10-11-22(32)28-24(21)33/h7-9,18,21H,10-17H2,1-6H3,(H,28,32,33). The molecular weight excluding hydrogens is 472 g/mol.